The quantitative estimate of drug-likeness (QED) is 0.334. The van der Waals surface area contributed by atoms with Gasteiger partial charge in [-0.3, -0.25) is 5.10 Å². The van der Waals surface area contributed by atoms with Crippen LogP contribution in [0.1, 0.15) is 5.69 Å². The van der Waals surface area contributed by atoms with Crippen molar-refractivity contribution in [3.8, 4) is 39.2 Å². The zero-order valence-electron chi connectivity index (χ0n) is 17.0. The maximum atomic E-state index is 6.12. The second kappa shape index (κ2) is 9.59. The molecule has 2 aromatic carbocycles. The van der Waals surface area contributed by atoms with Gasteiger partial charge in [-0.05, 0) is 30.3 Å². The van der Waals surface area contributed by atoms with Crippen LogP contribution >= 0.6 is 34.7 Å². The van der Waals surface area contributed by atoms with Gasteiger partial charge in [0, 0.05) is 16.2 Å². The Bertz CT molecular complexity index is 1200. The molecule has 2 heterocycles. The number of hydrogen-bond donors (Lipinski definition) is 1. The number of aromatic nitrogens is 4. The molecule has 0 unspecified atom stereocenters. The molecule has 0 aliphatic rings. The number of methoxy groups -OCH3 is 3. The number of benzene rings is 2. The Morgan fingerprint density at radius 2 is 1.84 bits per heavy atom. The molecule has 160 valence electrons. The van der Waals surface area contributed by atoms with E-state index < -0.39 is 0 Å². The molecule has 0 saturated carbocycles. The van der Waals surface area contributed by atoms with E-state index in [4.69, 9.17) is 30.8 Å². The van der Waals surface area contributed by atoms with Gasteiger partial charge in [-0.2, -0.15) is 0 Å². The van der Waals surface area contributed by atoms with Crippen LogP contribution in [0, 0.1) is 0 Å². The summed E-state index contributed by atoms with van der Waals surface area (Å²) in [5.74, 6) is 3.26. The first-order valence-corrected chi connectivity index (χ1v) is 11.4. The third-order valence-corrected chi connectivity index (χ3v) is 6.46. The minimum absolute atomic E-state index is 0.599. The molecular weight excluding hydrogens is 456 g/mol. The lowest BCUT2D eigenvalue weighted by molar-refractivity contribution is 0.356. The van der Waals surface area contributed by atoms with E-state index in [1.54, 1.807) is 50.9 Å². The van der Waals surface area contributed by atoms with Crippen molar-refractivity contribution in [2.75, 3.05) is 21.3 Å². The molecule has 1 N–H and O–H groups in total. The van der Waals surface area contributed by atoms with Crippen LogP contribution < -0.4 is 14.2 Å². The van der Waals surface area contributed by atoms with Crippen molar-refractivity contribution in [1.82, 2.24) is 20.2 Å². The van der Waals surface area contributed by atoms with E-state index in [1.165, 1.54) is 11.8 Å². The van der Waals surface area contributed by atoms with Crippen LogP contribution in [0.15, 0.2) is 46.9 Å². The van der Waals surface area contributed by atoms with Crippen molar-refractivity contribution in [2.45, 2.75) is 10.9 Å². The lowest BCUT2D eigenvalue weighted by Crippen LogP contribution is -1.93. The average molecular weight is 475 g/mol. The number of H-pyrrole nitrogens is 1. The van der Waals surface area contributed by atoms with Gasteiger partial charge < -0.3 is 14.2 Å². The van der Waals surface area contributed by atoms with E-state index >= 15 is 0 Å². The van der Waals surface area contributed by atoms with Crippen molar-refractivity contribution in [3.63, 3.8) is 0 Å². The highest BCUT2D eigenvalue weighted by molar-refractivity contribution is 7.98. The van der Waals surface area contributed by atoms with Crippen LogP contribution in [0.3, 0.4) is 0 Å². The van der Waals surface area contributed by atoms with Crippen molar-refractivity contribution in [3.05, 3.63) is 52.5 Å². The second-order valence-electron chi connectivity index (χ2n) is 6.28. The summed E-state index contributed by atoms with van der Waals surface area (Å²) in [6.07, 6.45) is 0. The van der Waals surface area contributed by atoms with Gasteiger partial charge in [0.15, 0.2) is 17.3 Å². The smallest absolute Gasteiger partial charge is 0.209 e. The number of nitrogens with zero attached hydrogens (tertiary/aromatic N) is 3. The highest BCUT2D eigenvalue weighted by Gasteiger charge is 2.16. The standard InChI is InChI=1S/C21H19ClN4O3S2/c1-27-16-8-7-12(22)9-15(16)19-24-21(26-25-19)31-11-13-10-30-20(23-13)14-5-4-6-17(28-2)18(14)29-3/h4-10H,11H2,1-3H3,(H,24,25,26). The van der Waals surface area contributed by atoms with Crippen LogP contribution in [0.4, 0.5) is 0 Å². The monoisotopic (exact) mass is 474 g/mol. The van der Waals surface area contributed by atoms with E-state index in [9.17, 15) is 0 Å². The van der Waals surface area contributed by atoms with Crippen LogP contribution in [0.5, 0.6) is 17.2 Å². The summed E-state index contributed by atoms with van der Waals surface area (Å²) in [6, 6.07) is 11.1. The van der Waals surface area contributed by atoms with E-state index in [1.807, 2.05) is 23.6 Å². The first-order valence-electron chi connectivity index (χ1n) is 9.17. The summed E-state index contributed by atoms with van der Waals surface area (Å²) in [5.41, 5.74) is 2.59. The Kier molecular flexibility index (Phi) is 6.64. The van der Waals surface area contributed by atoms with Crippen LogP contribution in [0.25, 0.3) is 22.0 Å². The van der Waals surface area contributed by atoms with E-state index in [0.29, 0.717) is 39.0 Å². The summed E-state index contributed by atoms with van der Waals surface area (Å²) in [7, 11) is 4.85. The number of thiazole rings is 1. The van der Waals surface area contributed by atoms with E-state index in [2.05, 4.69) is 15.2 Å². The fraction of sp³-hybridized carbons (Fsp3) is 0.190. The third-order valence-electron chi connectivity index (χ3n) is 4.42. The first kappa shape index (κ1) is 21.5. The molecule has 0 atom stereocenters. The van der Waals surface area contributed by atoms with Gasteiger partial charge in [0.25, 0.3) is 0 Å². The molecule has 2 aromatic heterocycles. The van der Waals surface area contributed by atoms with Gasteiger partial charge in [0.2, 0.25) is 5.16 Å². The Morgan fingerprint density at radius 3 is 2.61 bits per heavy atom. The molecule has 4 aromatic rings. The van der Waals surface area contributed by atoms with Crippen LogP contribution in [-0.4, -0.2) is 41.5 Å². The lowest BCUT2D eigenvalue weighted by Gasteiger charge is -2.10. The number of ether oxygens (including phenoxy) is 3. The highest BCUT2D eigenvalue weighted by atomic mass is 35.5. The van der Waals surface area contributed by atoms with Crippen molar-refractivity contribution < 1.29 is 14.2 Å². The van der Waals surface area contributed by atoms with Crippen LogP contribution in [-0.2, 0) is 5.75 Å². The SMILES string of the molecule is COc1ccc(Cl)cc1-c1nc(SCc2csc(-c3cccc(OC)c3OC)n2)n[nH]1. The molecule has 0 fully saturated rings. The van der Waals surface area contributed by atoms with Gasteiger partial charge in [-0.25, -0.2) is 9.97 Å². The topological polar surface area (TPSA) is 82.2 Å². The number of aromatic amines is 1. The number of para-hydroxylation sites is 1. The van der Waals surface area contributed by atoms with E-state index in [-0.39, 0.29) is 0 Å². The first-order chi connectivity index (χ1) is 15.1. The summed E-state index contributed by atoms with van der Waals surface area (Å²) in [5, 5.41) is 11.4. The lowest BCUT2D eigenvalue weighted by atomic mass is 10.2. The van der Waals surface area contributed by atoms with Gasteiger partial charge in [-0.15, -0.1) is 16.4 Å². The minimum Gasteiger partial charge on any atom is -0.496 e. The van der Waals surface area contributed by atoms with Crippen LogP contribution in [0.2, 0.25) is 5.02 Å². The zero-order valence-corrected chi connectivity index (χ0v) is 19.4. The number of halogens is 1. The summed E-state index contributed by atoms with van der Waals surface area (Å²) >= 11 is 9.17. The number of hydrogen-bond acceptors (Lipinski definition) is 8. The molecule has 0 aliphatic heterocycles. The molecule has 7 nitrogen and oxygen atoms in total. The van der Waals surface area contributed by atoms with Crippen molar-refractivity contribution in [2.24, 2.45) is 0 Å². The van der Waals surface area contributed by atoms with Gasteiger partial charge in [0.05, 0.1) is 38.2 Å². The zero-order chi connectivity index (χ0) is 21.8. The Balaban J connectivity index is 1.49. The molecule has 0 radical (unpaired) electrons. The summed E-state index contributed by atoms with van der Waals surface area (Å²) < 4.78 is 16.3. The predicted octanol–water partition coefficient (Wildman–Crippen LogP) is 5.57. The number of thioether (sulfide) groups is 1. The highest BCUT2D eigenvalue weighted by Crippen LogP contribution is 2.39. The van der Waals surface area contributed by atoms with E-state index in [0.717, 1.165) is 21.8 Å². The minimum atomic E-state index is 0.599. The maximum Gasteiger partial charge on any atom is 0.209 e. The van der Waals surface area contributed by atoms with Crippen molar-refractivity contribution >= 4 is 34.7 Å². The summed E-state index contributed by atoms with van der Waals surface area (Å²) in [6.45, 7) is 0. The molecule has 10 heteroatoms. The normalized spacial score (nSPS) is 10.8. The molecule has 0 amide bonds. The molecule has 31 heavy (non-hydrogen) atoms. The third kappa shape index (κ3) is 4.63. The van der Waals surface area contributed by atoms with Gasteiger partial charge >= 0.3 is 0 Å². The maximum absolute atomic E-state index is 6.12. The molecule has 0 bridgehead atoms. The van der Waals surface area contributed by atoms with Gasteiger partial charge in [-0.1, -0.05) is 29.4 Å². The molecule has 0 saturated heterocycles. The fourth-order valence-electron chi connectivity index (χ4n) is 2.99. The number of rotatable bonds is 8. The second-order valence-corrected chi connectivity index (χ2v) is 8.52. The summed E-state index contributed by atoms with van der Waals surface area (Å²) in [4.78, 5) is 9.30. The molecule has 0 spiro atoms. The Morgan fingerprint density at radius 1 is 1.00 bits per heavy atom. The molecular formula is C21H19ClN4O3S2. The van der Waals surface area contributed by atoms with Gasteiger partial charge in [0.1, 0.15) is 10.8 Å². The fourth-order valence-corrected chi connectivity index (χ4v) is 4.80. The predicted molar refractivity (Wildman–Crippen MR) is 124 cm³/mol. The molecule has 4 rings (SSSR count). The largest absolute Gasteiger partial charge is 0.496 e. The average Bonchev–Trinajstić information content (AvgIpc) is 3.46. The number of nitrogens with one attached hydrogen (secondary N) is 1. The Labute approximate surface area is 192 Å². The van der Waals surface area contributed by atoms with Crippen molar-refractivity contribution in [1.29, 1.82) is 0 Å². The molecule has 0 aliphatic carbocycles. The Hall–Kier alpha value is -2.75.